The van der Waals surface area contributed by atoms with Crippen molar-refractivity contribution in [1.82, 2.24) is 0 Å². The second-order valence-corrected chi connectivity index (χ2v) is 5.15. The number of carbonyl (C=O) groups is 1. The summed E-state index contributed by atoms with van der Waals surface area (Å²) in [5, 5.41) is 0. The van der Waals surface area contributed by atoms with Gasteiger partial charge in [0.05, 0.1) is 6.61 Å². The molecule has 0 atom stereocenters. The molecule has 0 aromatic heterocycles. The van der Waals surface area contributed by atoms with Crippen LogP contribution in [0.3, 0.4) is 0 Å². The molecule has 13 heavy (non-hydrogen) atoms. The van der Waals surface area contributed by atoms with E-state index in [4.69, 9.17) is 4.74 Å². The molecule has 0 aromatic rings. The van der Waals surface area contributed by atoms with E-state index in [1.165, 1.54) is 0 Å². The Hall–Kier alpha value is -0.530. The Bertz CT molecular complexity index is 175. The molecule has 0 rings (SSSR count). The molecule has 0 heterocycles. The van der Waals surface area contributed by atoms with Crippen molar-refractivity contribution in [2.75, 3.05) is 6.61 Å². The molecule has 0 aromatic carbocycles. The van der Waals surface area contributed by atoms with Crippen molar-refractivity contribution < 1.29 is 9.53 Å². The second-order valence-electron chi connectivity index (χ2n) is 5.15. The van der Waals surface area contributed by atoms with E-state index in [2.05, 4.69) is 34.6 Å². The number of hydrogen-bond acceptors (Lipinski definition) is 2. The molecule has 0 spiro atoms. The number of ether oxygens (including phenoxy) is 1. The number of esters is 1. The average molecular weight is 186 g/mol. The summed E-state index contributed by atoms with van der Waals surface area (Å²) in [4.78, 5) is 11.0. The maximum absolute atomic E-state index is 11.0. The average Bonchev–Trinajstić information content (AvgIpc) is 1.98. The van der Waals surface area contributed by atoms with Crippen LogP contribution in [0, 0.1) is 10.8 Å². The van der Waals surface area contributed by atoms with Gasteiger partial charge in [0.15, 0.2) is 0 Å². The first-order chi connectivity index (χ1) is 5.70. The molecule has 2 heteroatoms. The minimum Gasteiger partial charge on any atom is -0.465 e. The molecule has 0 saturated carbocycles. The van der Waals surface area contributed by atoms with E-state index in [-0.39, 0.29) is 16.8 Å². The summed E-state index contributed by atoms with van der Waals surface area (Å²) in [7, 11) is 0. The van der Waals surface area contributed by atoms with Crippen molar-refractivity contribution in [3.8, 4) is 0 Å². The Morgan fingerprint density at radius 2 is 1.62 bits per heavy atom. The van der Waals surface area contributed by atoms with Gasteiger partial charge in [-0.15, -0.1) is 0 Å². The van der Waals surface area contributed by atoms with Gasteiger partial charge in [0, 0.05) is 11.8 Å². The van der Waals surface area contributed by atoms with E-state index in [1.807, 2.05) is 6.92 Å². The lowest BCUT2D eigenvalue weighted by Crippen LogP contribution is -2.35. The fourth-order valence-electron chi connectivity index (χ4n) is 0.579. The van der Waals surface area contributed by atoms with Crippen LogP contribution in [0.4, 0.5) is 0 Å². The maximum Gasteiger partial charge on any atom is 0.305 e. The van der Waals surface area contributed by atoms with Crippen molar-refractivity contribution in [1.29, 1.82) is 0 Å². The summed E-state index contributed by atoms with van der Waals surface area (Å²) in [5.41, 5.74) is 0.179. The van der Waals surface area contributed by atoms with Crippen LogP contribution in [0.1, 0.15) is 48.0 Å². The van der Waals surface area contributed by atoms with E-state index in [9.17, 15) is 4.79 Å². The second kappa shape index (κ2) is 4.12. The molecule has 0 aliphatic carbocycles. The first kappa shape index (κ1) is 12.5. The fourth-order valence-corrected chi connectivity index (χ4v) is 0.579. The molecule has 0 aliphatic heterocycles. The minimum absolute atomic E-state index is 0.0256. The molecule has 0 bridgehead atoms. The predicted molar refractivity (Wildman–Crippen MR) is 54.5 cm³/mol. The topological polar surface area (TPSA) is 26.3 Å². The lowest BCUT2D eigenvalue weighted by atomic mass is 9.70. The molecule has 0 N–H and O–H groups in total. The molecular formula is C11H22O2. The Kier molecular flexibility index (Phi) is 3.95. The van der Waals surface area contributed by atoms with E-state index in [1.54, 1.807) is 0 Å². The Balaban J connectivity index is 4.12. The van der Waals surface area contributed by atoms with Crippen LogP contribution < -0.4 is 0 Å². The van der Waals surface area contributed by atoms with Gasteiger partial charge in [-0.25, -0.2) is 0 Å². The molecule has 0 fully saturated rings. The Morgan fingerprint density at radius 1 is 1.15 bits per heavy atom. The smallest absolute Gasteiger partial charge is 0.305 e. The number of hydrogen-bond donors (Lipinski definition) is 0. The summed E-state index contributed by atoms with van der Waals surface area (Å²) in [6.07, 6.45) is 0.459. The molecular weight excluding hydrogens is 164 g/mol. The summed E-state index contributed by atoms with van der Waals surface area (Å²) in [6.45, 7) is 13.0. The van der Waals surface area contributed by atoms with Gasteiger partial charge in [0.25, 0.3) is 0 Å². The summed E-state index contributed by atoms with van der Waals surface area (Å²) in [5.74, 6) is -0.114. The lowest BCUT2D eigenvalue weighted by molar-refractivity contribution is -0.148. The lowest BCUT2D eigenvalue weighted by Gasteiger charge is -2.38. The van der Waals surface area contributed by atoms with Crippen molar-refractivity contribution in [3.63, 3.8) is 0 Å². The third-order valence-corrected chi connectivity index (χ3v) is 2.91. The quantitative estimate of drug-likeness (QED) is 0.633. The van der Waals surface area contributed by atoms with E-state index < -0.39 is 0 Å². The highest BCUT2D eigenvalue weighted by Crippen LogP contribution is 2.37. The van der Waals surface area contributed by atoms with Crippen LogP contribution in [0.5, 0.6) is 0 Å². The van der Waals surface area contributed by atoms with Crippen molar-refractivity contribution in [2.45, 2.75) is 48.0 Å². The highest BCUT2D eigenvalue weighted by molar-refractivity contribution is 5.68. The molecule has 0 radical (unpaired) electrons. The summed E-state index contributed by atoms with van der Waals surface area (Å²) >= 11 is 0. The van der Waals surface area contributed by atoms with Crippen LogP contribution >= 0.6 is 0 Å². The third-order valence-electron chi connectivity index (χ3n) is 2.91. The maximum atomic E-state index is 11.0. The van der Waals surface area contributed by atoms with E-state index >= 15 is 0 Å². The van der Waals surface area contributed by atoms with Crippen molar-refractivity contribution in [2.24, 2.45) is 10.8 Å². The molecule has 0 amide bonds. The standard InChI is InChI=1S/C11H22O2/c1-7-9(12)13-8-11(5,6)10(2,3)4/h7-8H2,1-6H3. The van der Waals surface area contributed by atoms with Crippen LogP contribution in [-0.2, 0) is 9.53 Å². The van der Waals surface area contributed by atoms with Crippen LogP contribution in [0.2, 0.25) is 0 Å². The fraction of sp³-hybridized carbons (Fsp3) is 0.909. The SMILES string of the molecule is CCC(=O)OCC(C)(C)C(C)(C)C. The molecule has 0 aliphatic rings. The normalized spacial score (nSPS) is 12.8. The van der Waals surface area contributed by atoms with Gasteiger partial charge in [0.1, 0.15) is 0 Å². The predicted octanol–water partition coefficient (Wildman–Crippen LogP) is 3.01. The van der Waals surface area contributed by atoms with Gasteiger partial charge in [-0.05, 0) is 5.41 Å². The monoisotopic (exact) mass is 186 g/mol. The van der Waals surface area contributed by atoms with Crippen LogP contribution in [0.25, 0.3) is 0 Å². The Morgan fingerprint density at radius 3 is 1.92 bits per heavy atom. The third kappa shape index (κ3) is 3.79. The van der Waals surface area contributed by atoms with E-state index in [0.717, 1.165) is 0 Å². The highest BCUT2D eigenvalue weighted by Gasteiger charge is 2.33. The van der Waals surface area contributed by atoms with Crippen molar-refractivity contribution >= 4 is 5.97 Å². The van der Waals surface area contributed by atoms with Crippen LogP contribution in [0.15, 0.2) is 0 Å². The number of rotatable bonds is 3. The minimum atomic E-state index is -0.114. The summed E-state index contributed by atoms with van der Waals surface area (Å²) in [6, 6.07) is 0. The van der Waals surface area contributed by atoms with Gasteiger partial charge in [-0.2, -0.15) is 0 Å². The number of carbonyl (C=O) groups excluding carboxylic acids is 1. The summed E-state index contributed by atoms with van der Waals surface area (Å²) < 4.78 is 5.14. The molecule has 78 valence electrons. The van der Waals surface area contributed by atoms with Crippen LogP contribution in [-0.4, -0.2) is 12.6 Å². The van der Waals surface area contributed by atoms with Gasteiger partial charge in [-0.3, -0.25) is 4.79 Å². The van der Waals surface area contributed by atoms with Gasteiger partial charge >= 0.3 is 5.97 Å². The molecule has 2 nitrogen and oxygen atoms in total. The largest absolute Gasteiger partial charge is 0.465 e. The van der Waals surface area contributed by atoms with Gasteiger partial charge < -0.3 is 4.74 Å². The first-order valence-electron chi connectivity index (χ1n) is 4.86. The zero-order valence-electron chi connectivity index (χ0n) is 9.73. The highest BCUT2D eigenvalue weighted by atomic mass is 16.5. The zero-order valence-corrected chi connectivity index (χ0v) is 9.73. The van der Waals surface area contributed by atoms with Crippen molar-refractivity contribution in [3.05, 3.63) is 0 Å². The molecule has 0 saturated heterocycles. The van der Waals surface area contributed by atoms with Gasteiger partial charge in [-0.1, -0.05) is 41.5 Å². The van der Waals surface area contributed by atoms with Gasteiger partial charge in [0.2, 0.25) is 0 Å². The molecule has 0 unspecified atom stereocenters. The van der Waals surface area contributed by atoms with E-state index in [0.29, 0.717) is 13.0 Å². The Labute approximate surface area is 81.7 Å². The first-order valence-corrected chi connectivity index (χ1v) is 4.86. The zero-order chi connectivity index (χ0) is 10.7.